The first-order valence-corrected chi connectivity index (χ1v) is 9.70. The van der Waals surface area contributed by atoms with Crippen LogP contribution >= 0.6 is 0 Å². The molecule has 0 atom stereocenters. The molecule has 132 valence electrons. The topological polar surface area (TPSA) is 34.9 Å². The Balaban J connectivity index is 1.74. The number of fused-ring (bicyclic) bond motifs is 1. The lowest BCUT2D eigenvalue weighted by Crippen LogP contribution is -2.24. The van der Waals surface area contributed by atoms with Gasteiger partial charge in [0.25, 0.3) is 5.56 Å². The zero-order valence-corrected chi connectivity index (χ0v) is 15.4. The average molecular weight is 328 g/mol. The van der Waals surface area contributed by atoms with E-state index in [0.29, 0.717) is 5.69 Å². The van der Waals surface area contributed by atoms with Crippen molar-refractivity contribution in [3.05, 3.63) is 40.3 Å². The molecule has 0 bridgehead atoms. The van der Waals surface area contributed by atoms with Gasteiger partial charge in [-0.3, -0.25) is 4.79 Å². The molecule has 0 saturated heterocycles. The maximum Gasteiger partial charge on any atom is 0.272 e. The molecule has 0 amide bonds. The van der Waals surface area contributed by atoms with E-state index >= 15 is 0 Å². The molecule has 0 spiro atoms. The summed E-state index contributed by atoms with van der Waals surface area (Å²) in [6.07, 6.45) is 13.1. The molecule has 1 aromatic carbocycles. The Morgan fingerprint density at radius 3 is 2.12 bits per heavy atom. The minimum Gasteiger partial charge on any atom is -0.305 e. The Hall–Kier alpha value is -1.64. The predicted molar refractivity (Wildman–Crippen MR) is 103 cm³/mol. The Morgan fingerprint density at radius 1 is 0.875 bits per heavy atom. The normalized spacial score (nSPS) is 11.2. The van der Waals surface area contributed by atoms with E-state index in [1.54, 1.807) is 0 Å². The van der Waals surface area contributed by atoms with Gasteiger partial charge < -0.3 is 4.57 Å². The summed E-state index contributed by atoms with van der Waals surface area (Å²) in [6.45, 7) is 4.88. The van der Waals surface area contributed by atoms with E-state index in [-0.39, 0.29) is 5.56 Å². The molecule has 1 aromatic heterocycles. The number of hydrogen-bond donors (Lipinski definition) is 0. The lowest BCUT2D eigenvalue weighted by Gasteiger charge is -2.11. The molecule has 0 fully saturated rings. The standard InChI is InChI=1S/C21H32N2O/c1-3-4-5-6-7-8-9-10-11-14-17-23-20-16-13-12-15-19(20)22-18(2)21(23)24/h12-13,15-16H,3-11,14,17H2,1-2H3. The number of benzene rings is 1. The maximum absolute atomic E-state index is 12.4. The molecule has 3 nitrogen and oxygen atoms in total. The summed E-state index contributed by atoms with van der Waals surface area (Å²) in [5, 5.41) is 0. The number of aryl methyl sites for hydroxylation is 2. The van der Waals surface area contributed by atoms with Crippen LogP contribution in [0.2, 0.25) is 0 Å². The number of rotatable bonds is 11. The van der Waals surface area contributed by atoms with Crippen molar-refractivity contribution >= 4 is 11.0 Å². The maximum atomic E-state index is 12.4. The predicted octanol–water partition coefficient (Wildman–Crippen LogP) is 5.63. The number of hydrogen-bond acceptors (Lipinski definition) is 2. The van der Waals surface area contributed by atoms with Crippen molar-refractivity contribution < 1.29 is 0 Å². The molecule has 0 radical (unpaired) electrons. The van der Waals surface area contributed by atoms with Crippen LogP contribution in [0.1, 0.15) is 76.8 Å². The van der Waals surface area contributed by atoms with Crippen LogP contribution in [-0.4, -0.2) is 9.55 Å². The number of aromatic nitrogens is 2. The largest absolute Gasteiger partial charge is 0.305 e. The SMILES string of the molecule is CCCCCCCCCCCCn1c(=O)c(C)nc2ccccc21. The molecule has 0 aliphatic rings. The van der Waals surface area contributed by atoms with Crippen molar-refractivity contribution in [1.29, 1.82) is 0 Å². The third kappa shape index (κ3) is 5.47. The van der Waals surface area contributed by atoms with Gasteiger partial charge >= 0.3 is 0 Å². The van der Waals surface area contributed by atoms with E-state index in [9.17, 15) is 4.79 Å². The molecule has 1 heterocycles. The van der Waals surface area contributed by atoms with Crippen molar-refractivity contribution in [2.24, 2.45) is 0 Å². The molecule has 24 heavy (non-hydrogen) atoms. The summed E-state index contributed by atoms with van der Waals surface area (Å²) < 4.78 is 1.91. The van der Waals surface area contributed by atoms with Gasteiger partial charge in [-0.05, 0) is 25.5 Å². The molecular formula is C21H32N2O. The number of para-hydroxylation sites is 2. The van der Waals surface area contributed by atoms with Crippen molar-refractivity contribution in [1.82, 2.24) is 9.55 Å². The summed E-state index contributed by atoms with van der Waals surface area (Å²) in [7, 11) is 0. The first-order valence-electron chi connectivity index (χ1n) is 9.70. The van der Waals surface area contributed by atoms with Gasteiger partial charge in [-0.1, -0.05) is 76.8 Å². The smallest absolute Gasteiger partial charge is 0.272 e. The Labute approximate surface area is 146 Å². The summed E-state index contributed by atoms with van der Waals surface area (Å²) in [6, 6.07) is 7.94. The van der Waals surface area contributed by atoms with Crippen LogP contribution in [0.15, 0.2) is 29.1 Å². The second kappa shape index (κ2) is 10.3. The zero-order valence-electron chi connectivity index (χ0n) is 15.4. The van der Waals surface area contributed by atoms with Gasteiger partial charge in [0.15, 0.2) is 0 Å². The molecule has 2 rings (SSSR count). The van der Waals surface area contributed by atoms with Gasteiger partial charge in [0, 0.05) is 6.54 Å². The lowest BCUT2D eigenvalue weighted by atomic mass is 10.1. The minimum atomic E-state index is 0.0598. The number of nitrogens with zero attached hydrogens (tertiary/aromatic N) is 2. The molecular weight excluding hydrogens is 296 g/mol. The van der Waals surface area contributed by atoms with E-state index in [1.165, 1.54) is 57.8 Å². The van der Waals surface area contributed by atoms with E-state index in [4.69, 9.17) is 0 Å². The molecule has 0 saturated carbocycles. The first-order chi connectivity index (χ1) is 11.7. The van der Waals surface area contributed by atoms with Crippen LogP contribution in [0.3, 0.4) is 0 Å². The highest BCUT2D eigenvalue weighted by Gasteiger charge is 2.07. The van der Waals surface area contributed by atoms with Crippen LogP contribution in [0.4, 0.5) is 0 Å². The fraction of sp³-hybridized carbons (Fsp3) is 0.619. The van der Waals surface area contributed by atoms with Crippen molar-refractivity contribution in [2.45, 2.75) is 84.6 Å². The lowest BCUT2D eigenvalue weighted by molar-refractivity contribution is 0.534. The van der Waals surface area contributed by atoms with Gasteiger partial charge in [-0.15, -0.1) is 0 Å². The molecule has 0 aliphatic carbocycles. The third-order valence-electron chi connectivity index (χ3n) is 4.75. The second-order valence-corrected chi connectivity index (χ2v) is 6.82. The van der Waals surface area contributed by atoms with Crippen LogP contribution in [0.5, 0.6) is 0 Å². The zero-order chi connectivity index (χ0) is 17.2. The fourth-order valence-corrected chi connectivity index (χ4v) is 3.30. The van der Waals surface area contributed by atoms with Crippen molar-refractivity contribution in [3.8, 4) is 0 Å². The summed E-state index contributed by atoms with van der Waals surface area (Å²) in [5.74, 6) is 0. The number of unbranched alkanes of at least 4 members (excludes halogenated alkanes) is 9. The highest BCUT2D eigenvalue weighted by molar-refractivity contribution is 5.74. The molecule has 2 aromatic rings. The van der Waals surface area contributed by atoms with Gasteiger partial charge in [-0.2, -0.15) is 0 Å². The van der Waals surface area contributed by atoms with Gasteiger partial charge in [-0.25, -0.2) is 4.98 Å². The Kier molecular flexibility index (Phi) is 8.00. The highest BCUT2D eigenvalue weighted by atomic mass is 16.1. The quantitative estimate of drug-likeness (QED) is 0.501. The fourth-order valence-electron chi connectivity index (χ4n) is 3.30. The molecule has 0 aliphatic heterocycles. The monoisotopic (exact) mass is 328 g/mol. The van der Waals surface area contributed by atoms with Crippen LogP contribution in [0, 0.1) is 6.92 Å². The van der Waals surface area contributed by atoms with Crippen LogP contribution in [0.25, 0.3) is 11.0 Å². The van der Waals surface area contributed by atoms with Crippen molar-refractivity contribution in [3.63, 3.8) is 0 Å². The van der Waals surface area contributed by atoms with E-state index in [1.807, 2.05) is 35.8 Å². The third-order valence-corrected chi connectivity index (χ3v) is 4.75. The second-order valence-electron chi connectivity index (χ2n) is 6.82. The average Bonchev–Trinajstić information content (AvgIpc) is 2.59. The summed E-state index contributed by atoms with van der Waals surface area (Å²) >= 11 is 0. The summed E-state index contributed by atoms with van der Waals surface area (Å²) in [5.41, 5.74) is 2.54. The van der Waals surface area contributed by atoms with Gasteiger partial charge in [0.2, 0.25) is 0 Å². The van der Waals surface area contributed by atoms with Crippen molar-refractivity contribution in [2.75, 3.05) is 0 Å². The van der Waals surface area contributed by atoms with Crippen LogP contribution < -0.4 is 5.56 Å². The molecule has 3 heteroatoms. The Morgan fingerprint density at radius 2 is 1.46 bits per heavy atom. The highest BCUT2D eigenvalue weighted by Crippen LogP contribution is 2.13. The first kappa shape index (κ1) is 18.7. The van der Waals surface area contributed by atoms with Gasteiger partial charge in [0.05, 0.1) is 11.0 Å². The van der Waals surface area contributed by atoms with E-state index < -0.39 is 0 Å². The van der Waals surface area contributed by atoms with Crippen LogP contribution in [-0.2, 0) is 6.54 Å². The summed E-state index contributed by atoms with van der Waals surface area (Å²) in [4.78, 5) is 16.8. The minimum absolute atomic E-state index is 0.0598. The van der Waals surface area contributed by atoms with E-state index in [0.717, 1.165) is 24.0 Å². The molecule has 0 unspecified atom stereocenters. The van der Waals surface area contributed by atoms with E-state index in [2.05, 4.69) is 11.9 Å². The van der Waals surface area contributed by atoms with Gasteiger partial charge in [0.1, 0.15) is 5.69 Å². The molecule has 0 N–H and O–H groups in total. The Bertz CT molecular complexity index is 675.